The minimum atomic E-state index is -0.0492. The number of fused-ring (bicyclic) bond motifs is 5. The van der Waals surface area contributed by atoms with Crippen LogP contribution in [0.4, 0.5) is 0 Å². The van der Waals surface area contributed by atoms with Crippen molar-refractivity contribution in [1.29, 1.82) is 0 Å². The van der Waals surface area contributed by atoms with Crippen LogP contribution in [0.3, 0.4) is 0 Å². The highest BCUT2D eigenvalue weighted by Crippen LogP contribution is 2.61. The number of thioether (sulfide) groups is 2. The van der Waals surface area contributed by atoms with Crippen molar-refractivity contribution in [3.8, 4) is 0 Å². The minimum absolute atomic E-state index is 0.0492. The molecule has 0 spiro atoms. The summed E-state index contributed by atoms with van der Waals surface area (Å²) in [7, 11) is 0. The molecule has 166 valence electrons. The van der Waals surface area contributed by atoms with Crippen molar-refractivity contribution in [3.05, 3.63) is 0 Å². The Morgan fingerprint density at radius 3 is 2.45 bits per heavy atom. The molecule has 6 atom stereocenters. The molecule has 29 heavy (non-hydrogen) atoms. The van der Waals surface area contributed by atoms with Crippen molar-refractivity contribution in [3.63, 3.8) is 0 Å². The van der Waals surface area contributed by atoms with Gasteiger partial charge in [0, 0.05) is 25.2 Å². The highest BCUT2D eigenvalue weighted by molar-refractivity contribution is 8.14. The second kappa shape index (κ2) is 12.0. The Kier molecular flexibility index (Phi) is 9.70. The van der Waals surface area contributed by atoms with Crippen molar-refractivity contribution >= 4 is 34.6 Å². The van der Waals surface area contributed by atoms with Gasteiger partial charge in [-0.25, -0.2) is 0 Å². The number of rotatable bonds is 13. The van der Waals surface area contributed by atoms with Crippen LogP contribution in [0, 0.1) is 23.7 Å². The molecule has 3 fully saturated rings. The van der Waals surface area contributed by atoms with E-state index in [0.29, 0.717) is 24.4 Å². The zero-order chi connectivity index (χ0) is 20.6. The molecular formula is C23H38O4S2. The van der Waals surface area contributed by atoms with Gasteiger partial charge < -0.3 is 9.47 Å². The highest BCUT2D eigenvalue weighted by atomic mass is 32.2. The smallest absolute Gasteiger partial charge is 0.305 e. The number of carbonyl (C=O) groups is 2. The predicted octanol–water partition coefficient (Wildman–Crippen LogP) is 5.33. The number of ether oxygens (including phenoxy) is 2. The fourth-order valence-electron chi connectivity index (χ4n) is 5.72. The number of carbonyl (C=O) groups excluding carboxylic acids is 2. The van der Waals surface area contributed by atoms with Gasteiger partial charge in [-0.1, -0.05) is 25.1 Å². The predicted molar refractivity (Wildman–Crippen MR) is 121 cm³/mol. The molecule has 0 aromatic rings. The quantitative estimate of drug-likeness (QED) is 0.284. The molecule has 0 amide bonds. The molecule has 3 saturated carbocycles. The summed E-state index contributed by atoms with van der Waals surface area (Å²) in [5.41, 5.74) is 0. The maximum atomic E-state index is 11.4. The van der Waals surface area contributed by atoms with E-state index in [4.69, 9.17) is 9.47 Å². The lowest BCUT2D eigenvalue weighted by Gasteiger charge is -2.31. The monoisotopic (exact) mass is 442 g/mol. The van der Waals surface area contributed by atoms with E-state index in [0.717, 1.165) is 67.5 Å². The number of esters is 1. The molecule has 0 saturated heterocycles. The minimum Gasteiger partial charge on any atom is -0.466 e. The summed E-state index contributed by atoms with van der Waals surface area (Å²) < 4.78 is 11.5. The third-order valence-corrected chi connectivity index (χ3v) is 9.10. The maximum absolute atomic E-state index is 11.4. The summed E-state index contributed by atoms with van der Waals surface area (Å²) in [5, 5.41) is 0.844. The van der Waals surface area contributed by atoms with Gasteiger partial charge in [0.2, 0.25) is 0 Å². The van der Waals surface area contributed by atoms with Gasteiger partial charge in [0.25, 0.3) is 0 Å². The van der Waals surface area contributed by atoms with Gasteiger partial charge in [-0.15, -0.1) is 0 Å². The van der Waals surface area contributed by atoms with Gasteiger partial charge in [-0.05, 0) is 80.1 Å². The molecule has 6 unspecified atom stereocenters. The molecule has 2 bridgehead atoms. The molecule has 3 aliphatic rings. The van der Waals surface area contributed by atoms with E-state index in [9.17, 15) is 9.59 Å². The lowest BCUT2D eigenvalue weighted by atomic mass is 9.80. The first kappa shape index (κ1) is 23.5. The summed E-state index contributed by atoms with van der Waals surface area (Å²) in [5.74, 6) is 5.39. The topological polar surface area (TPSA) is 52.6 Å². The van der Waals surface area contributed by atoms with Crippen LogP contribution in [0.1, 0.15) is 71.6 Å². The summed E-state index contributed by atoms with van der Waals surface area (Å²) in [4.78, 5) is 22.9. The van der Waals surface area contributed by atoms with Crippen molar-refractivity contribution in [2.45, 2.75) is 83.0 Å². The van der Waals surface area contributed by atoms with Crippen LogP contribution in [-0.4, -0.2) is 47.2 Å². The lowest BCUT2D eigenvalue weighted by Crippen LogP contribution is -2.30. The van der Waals surface area contributed by atoms with Crippen molar-refractivity contribution < 1.29 is 19.1 Å². The second-order valence-corrected chi connectivity index (χ2v) is 11.7. The van der Waals surface area contributed by atoms with E-state index in [2.05, 4.69) is 6.92 Å². The zero-order valence-corrected chi connectivity index (χ0v) is 19.7. The van der Waals surface area contributed by atoms with Crippen LogP contribution in [0.15, 0.2) is 0 Å². The van der Waals surface area contributed by atoms with E-state index in [1.807, 2.05) is 11.8 Å². The van der Waals surface area contributed by atoms with Crippen LogP contribution in [0.25, 0.3) is 0 Å². The largest absolute Gasteiger partial charge is 0.466 e. The number of unbranched alkanes of at least 4 members (excludes halogenated alkanes) is 1. The summed E-state index contributed by atoms with van der Waals surface area (Å²) in [6.07, 6.45) is 10.1. The molecule has 0 heterocycles. The molecular weight excluding hydrogens is 404 g/mol. The number of hydrogen-bond acceptors (Lipinski definition) is 6. The van der Waals surface area contributed by atoms with Gasteiger partial charge >= 0.3 is 5.97 Å². The highest BCUT2D eigenvalue weighted by Gasteiger charge is 2.56. The summed E-state index contributed by atoms with van der Waals surface area (Å²) in [6.45, 7) is 5.22. The van der Waals surface area contributed by atoms with Gasteiger partial charge in [-0.3, -0.25) is 9.59 Å². The fourth-order valence-corrected chi connectivity index (χ4v) is 7.67. The standard InChI is InChI=1S/C23H38O4S2/c1-3-4-7-23(25)27-9-6-11-28-10-5-8-26-22-13-17-12-21(22)20-15-18(14-19(17)20)29-16(2)24/h17-22H,3-15H2,1-2H3. The Morgan fingerprint density at radius 1 is 0.931 bits per heavy atom. The fraction of sp³-hybridized carbons (Fsp3) is 0.913. The molecule has 4 nitrogen and oxygen atoms in total. The van der Waals surface area contributed by atoms with Crippen LogP contribution >= 0.6 is 23.5 Å². The van der Waals surface area contributed by atoms with Crippen LogP contribution in [-0.2, 0) is 19.1 Å². The van der Waals surface area contributed by atoms with E-state index in [1.165, 1.54) is 25.7 Å². The van der Waals surface area contributed by atoms with Gasteiger partial charge in [0.15, 0.2) is 5.12 Å². The second-order valence-electron chi connectivity index (χ2n) is 8.98. The summed E-state index contributed by atoms with van der Waals surface area (Å²) >= 11 is 3.52. The van der Waals surface area contributed by atoms with Crippen molar-refractivity contribution in [2.24, 2.45) is 23.7 Å². The first-order chi connectivity index (χ1) is 14.1. The maximum Gasteiger partial charge on any atom is 0.305 e. The van der Waals surface area contributed by atoms with Crippen molar-refractivity contribution in [2.75, 3.05) is 24.7 Å². The van der Waals surface area contributed by atoms with Crippen molar-refractivity contribution in [1.82, 2.24) is 0 Å². The third-order valence-electron chi connectivity index (χ3n) is 6.89. The van der Waals surface area contributed by atoms with Gasteiger partial charge in [0.05, 0.1) is 12.7 Å². The first-order valence-corrected chi connectivity index (χ1v) is 13.6. The Morgan fingerprint density at radius 2 is 1.69 bits per heavy atom. The van der Waals surface area contributed by atoms with Gasteiger partial charge in [-0.2, -0.15) is 11.8 Å². The van der Waals surface area contributed by atoms with E-state index in [1.54, 1.807) is 18.7 Å². The molecule has 0 radical (unpaired) electrons. The van der Waals surface area contributed by atoms with E-state index in [-0.39, 0.29) is 11.1 Å². The molecule has 0 N–H and O–H groups in total. The van der Waals surface area contributed by atoms with E-state index >= 15 is 0 Å². The Bertz CT molecular complexity index is 541. The normalized spacial score (nSPS) is 32.5. The zero-order valence-electron chi connectivity index (χ0n) is 18.1. The van der Waals surface area contributed by atoms with Crippen LogP contribution < -0.4 is 0 Å². The molecule has 0 aromatic carbocycles. The molecule has 3 rings (SSSR count). The van der Waals surface area contributed by atoms with Gasteiger partial charge in [0.1, 0.15) is 0 Å². The molecule has 0 aliphatic heterocycles. The molecule has 6 heteroatoms. The third kappa shape index (κ3) is 6.90. The average Bonchev–Trinajstić information content (AvgIpc) is 3.36. The SMILES string of the molecule is CCCCC(=O)OCCCSCCCOC1CC2CC1C1CC(SC(C)=O)CC21. The number of hydrogen-bond donors (Lipinski definition) is 0. The first-order valence-electron chi connectivity index (χ1n) is 11.6. The lowest BCUT2D eigenvalue weighted by molar-refractivity contribution is -0.143. The molecule has 0 aromatic heterocycles. The van der Waals surface area contributed by atoms with Crippen LogP contribution in [0.2, 0.25) is 0 Å². The Balaban J connectivity index is 1.20. The molecule has 3 aliphatic carbocycles. The Labute approximate surface area is 185 Å². The summed E-state index contributed by atoms with van der Waals surface area (Å²) in [6, 6.07) is 0. The average molecular weight is 443 g/mol. The Hall–Kier alpha value is -0.200. The van der Waals surface area contributed by atoms with Crippen LogP contribution in [0.5, 0.6) is 0 Å². The van der Waals surface area contributed by atoms with E-state index < -0.39 is 0 Å².